The fourth-order valence-electron chi connectivity index (χ4n) is 6.55. The molecule has 2 heterocycles. The van der Waals surface area contributed by atoms with E-state index in [-0.39, 0.29) is 0 Å². The highest BCUT2D eigenvalue weighted by molar-refractivity contribution is 6.25. The highest BCUT2D eigenvalue weighted by Gasteiger charge is 2.25. The van der Waals surface area contributed by atoms with Gasteiger partial charge in [0.05, 0.1) is 11.1 Å². The molecule has 0 amide bonds. The molecular weight excluding hydrogens is 550 g/mol. The van der Waals surface area contributed by atoms with Gasteiger partial charge >= 0.3 is 0 Å². The third-order valence-electron chi connectivity index (χ3n) is 8.62. The second kappa shape index (κ2) is 10.3. The van der Waals surface area contributed by atoms with Gasteiger partial charge in [0, 0.05) is 27.5 Å². The van der Waals surface area contributed by atoms with Crippen LogP contribution in [0.4, 0.5) is 17.1 Å². The van der Waals surface area contributed by atoms with Gasteiger partial charge < -0.3 is 13.7 Å². The van der Waals surface area contributed by atoms with Crippen molar-refractivity contribution in [1.29, 1.82) is 0 Å². The zero-order chi connectivity index (χ0) is 29.7. The van der Waals surface area contributed by atoms with Crippen molar-refractivity contribution in [2.75, 3.05) is 4.90 Å². The van der Waals surface area contributed by atoms with Crippen molar-refractivity contribution in [3.05, 3.63) is 164 Å². The van der Waals surface area contributed by atoms with Crippen molar-refractivity contribution in [1.82, 2.24) is 0 Å². The van der Waals surface area contributed by atoms with Crippen LogP contribution in [-0.4, -0.2) is 0 Å². The maximum Gasteiger partial charge on any atom is 0.163 e. The van der Waals surface area contributed by atoms with E-state index in [1.807, 2.05) is 24.3 Å². The van der Waals surface area contributed by atoms with E-state index in [1.54, 1.807) is 0 Å². The van der Waals surface area contributed by atoms with Gasteiger partial charge in [0.2, 0.25) is 0 Å². The predicted octanol–water partition coefficient (Wildman–Crippen LogP) is 12.3. The van der Waals surface area contributed by atoms with Crippen LogP contribution in [0.15, 0.2) is 173 Å². The standard InChI is InChI=1S/C42H27NO2/c1-4-14-28(15-5-1)30-24-31(29-16-6-2-7-17-29)26-33(25-30)43(32-18-8-3-9-19-32)37-27-36-34-20-10-12-22-38(34)44-41(36)40-35-21-11-13-23-39(35)45-42(37)40/h1-27H. The molecule has 0 saturated carbocycles. The topological polar surface area (TPSA) is 29.5 Å². The molecule has 0 aliphatic heterocycles. The van der Waals surface area contributed by atoms with E-state index in [0.29, 0.717) is 0 Å². The summed E-state index contributed by atoms with van der Waals surface area (Å²) in [5, 5.41) is 4.16. The zero-order valence-electron chi connectivity index (χ0n) is 24.4. The largest absolute Gasteiger partial charge is 0.455 e. The van der Waals surface area contributed by atoms with E-state index in [0.717, 1.165) is 83.2 Å². The summed E-state index contributed by atoms with van der Waals surface area (Å²) in [4.78, 5) is 2.32. The van der Waals surface area contributed by atoms with Gasteiger partial charge in [-0.2, -0.15) is 0 Å². The Bertz CT molecular complexity index is 2420. The van der Waals surface area contributed by atoms with E-state index in [1.165, 1.54) is 0 Å². The van der Waals surface area contributed by atoms with Crippen molar-refractivity contribution in [3.8, 4) is 22.3 Å². The molecule has 0 N–H and O–H groups in total. The summed E-state index contributed by atoms with van der Waals surface area (Å²) in [6.45, 7) is 0. The van der Waals surface area contributed by atoms with Crippen LogP contribution in [0.25, 0.3) is 66.1 Å². The Morgan fingerprint density at radius 2 is 0.867 bits per heavy atom. The molecule has 9 rings (SSSR count). The Kier molecular flexibility index (Phi) is 5.82. The quantitative estimate of drug-likeness (QED) is 0.204. The highest BCUT2D eigenvalue weighted by Crippen LogP contribution is 2.48. The maximum absolute atomic E-state index is 6.74. The second-order valence-electron chi connectivity index (χ2n) is 11.3. The number of nitrogens with zero attached hydrogens (tertiary/aromatic N) is 1. The van der Waals surface area contributed by atoms with Crippen LogP contribution < -0.4 is 4.90 Å². The zero-order valence-corrected chi connectivity index (χ0v) is 24.4. The Hall–Kier alpha value is -6.06. The first kappa shape index (κ1) is 25.4. The van der Waals surface area contributed by atoms with Crippen LogP contribution in [0.5, 0.6) is 0 Å². The monoisotopic (exact) mass is 577 g/mol. The summed E-state index contributed by atoms with van der Waals surface area (Å²) in [5.41, 5.74) is 11.0. The molecular formula is C42H27NO2. The number of para-hydroxylation sites is 3. The summed E-state index contributed by atoms with van der Waals surface area (Å²) >= 11 is 0. The van der Waals surface area contributed by atoms with Gasteiger partial charge in [0.15, 0.2) is 5.58 Å². The van der Waals surface area contributed by atoms with Crippen LogP contribution in [0.3, 0.4) is 0 Å². The molecule has 0 saturated heterocycles. The molecule has 9 aromatic rings. The molecule has 0 aliphatic carbocycles. The average Bonchev–Trinajstić information content (AvgIpc) is 3.68. The molecule has 0 fully saturated rings. The molecule has 0 unspecified atom stereocenters. The fourth-order valence-corrected chi connectivity index (χ4v) is 6.55. The summed E-state index contributed by atoms with van der Waals surface area (Å²) < 4.78 is 13.3. The maximum atomic E-state index is 6.74. The number of fused-ring (bicyclic) bond motifs is 7. The van der Waals surface area contributed by atoms with Crippen LogP contribution in [0.1, 0.15) is 0 Å². The van der Waals surface area contributed by atoms with Crippen LogP contribution in [-0.2, 0) is 0 Å². The molecule has 3 nitrogen and oxygen atoms in total. The van der Waals surface area contributed by atoms with Crippen LogP contribution >= 0.6 is 0 Å². The summed E-state index contributed by atoms with van der Waals surface area (Å²) in [7, 11) is 0. The van der Waals surface area contributed by atoms with Gasteiger partial charge in [-0.05, 0) is 70.8 Å². The molecule has 7 aromatic carbocycles. The molecule has 0 bridgehead atoms. The lowest BCUT2D eigenvalue weighted by Crippen LogP contribution is -2.10. The van der Waals surface area contributed by atoms with E-state index in [4.69, 9.17) is 8.83 Å². The lowest BCUT2D eigenvalue weighted by Gasteiger charge is -2.27. The molecule has 0 radical (unpaired) electrons. The van der Waals surface area contributed by atoms with Crippen molar-refractivity contribution < 1.29 is 8.83 Å². The third kappa shape index (κ3) is 4.21. The average molecular weight is 578 g/mol. The molecule has 0 spiro atoms. The number of benzene rings is 7. The second-order valence-corrected chi connectivity index (χ2v) is 11.3. The molecule has 3 heteroatoms. The first-order valence-corrected chi connectivity index (χ1v) is 15.2. The molecule has 0 atom stereocenters. The highest BCUT2D eigenvalue weighted by atomic mass is 16.3. The molecule has 212 valence electrons. The lowest BCUT2D eigenvalue weighted by molar-refractivity contribution is 0.663. The van der Waals surface area contributed by atoms with Crippen molar-refractivity contribution in [2.24, 2.45) is 0 Å². The smallest absolute Gasteiger partial charge is 0.163 e. The van der Waals surface area contributed by atoms with Crippen LogP contribution in [0, 0.1) is 0 Å². The minimum atomic E-state index is 0.790. The number of rotatable bonds is 5. The Labute approximate surface area is 260 Å². The van der Waals surface area contributed by atoms with Gasteiger partial charge in [0.25, 0.3) is 0 Å². The lowest BCUT2D eigenvalue weighted by atomic mass is 9.97. The van der Waals surface area contributed by atoms with Gasteiger partial charge in [-0.25, -0.2) is 0 Å². The number of anilines is 3. The molecule has 2 aromatic heterocycles. The molecule has 0 aliphatic rings. The number of hydrogen-bond acceptors (Lipinski definition) is 3. The molecule has 45 heavy (non-hydrogen) atoms. The SMILES string of the molecule is c1ccc(-c2cc(-c3ccccc3)cc(N(c3ccccc3)c3cc4c5ccccc5oc4c4c3oc3ccccc34)c2)cc1. The summed E-state index contributed by atoms with van der Waals surface area (Å²) in [6, 6.07) is 57.3. The predicted molar refractivity (Wildman–Crippen MR) is 187 cm³/mol. The van der Waals surface area contributed by atoms with Crippen molar-refractivity contribution >= 4 is 60.9 Å². The normalized spacial score (nSPS) is 11.6. The fraction of sp³-hybridized carbons (Fsp3) is 0. The summed E-state index contributed by atoms with van der Waals surface area (Å²) in [5.74, 6) is 0. The first-order valence-electron chi connectivity index (χ1n) is 15.2. The number of furan rings is 2. The minimum Gasteiger partial charge on any atom is -0.455 e. The van der Waals surface area contributed by atoms with Gasteiger partial charge in [-0.3, -0.25) is 0 Å². The van der Waals surface area contributed by atoms with E-state index < -0.39 is 0 Å². The number of hydrogen-bond donors (Lipinski definition) is 0. The van der Waals surface area contributed by atoms with E-state index >= 15 is 0 Å². The van der Waals surface area contributed by atoms with Gasteiger partial charge in [-0.15, -0.1) is 0 Å². The van der Waals surface area contributed by atoms with Crippen molar-refractivity contribution in [3.63, 3.8) is 0 Å². The third-order valence-corrected chi connectivity index (χ3v) is 8.62. The first-order chi connectivity index (χ1) is 22.3. The van der Waals surface area contributed by atoms with Gasteiger partial charge in [-0.1, -0.05) is 115 Å². The Morgan fingerprint density at radius 1 is 0.356 bits per heavy atom. The Morgan fingerprint density at radius 3 is 1.51 bits per heavy atom. The minimum absolute atomic E-state index is 0.790. The van der Waals surface area contributed by atoms with E-state index in [2.05, 4.69) is 144 Å². The van der Waals surface area contributed by atoms with Crippen molar-refractivity contribution in [2.45, 2.75) is 0 Å². The summed E-state index contributed by atoms with van der Waals surface area (Å²) in [6.07, 6.45) is 0. The van der Waals surface area contributed by atoms with Crippen LogP contribution in [0.2, 0.25) is 0 Å². The van der Waals surface area contributed by atoms with E-state index in [9.17, 15) is 0 Å². The van der Waals surface area contributed by atoms with Gasteiger partial charge in [0.1, 0.15) is 16.7 Å². The Balaban J connectivity index is 1.41.